The third-order valence-electron chi connectivity index (χ3n) is 3.70. The average Bonchev–Trinajstić information content (AvgIpc) is 2.99. The quantitative estimate of drug-likeness (QED) is 0.780. The number of carbonyl (C=O) groups excluding carboxylic acids is 1. The third-order valence-corrected chi connectivity index (χ3v) is 4.44. The molecule has 1 saturated heterocycles. The first kappa shape index (κ1) is 18.4. The van der Waals surface area contributed by atoms with E-state index in [1.807, 2.05) is 4.90 Å². The van der Waals surface area contributed by atoms with Crippen molar-refractivity contribution in [2.75, 3.05) is 26.2 Å². The number of amides is 1. The molecule has 2 N–H and O–H groups in total. The van der Waals surface area contributed by atoms with E-state index >= 15 is 0 Å². The first-order valence-corrected chi connectivity index (χ1v) is 8.34. The van der Waals surface area contributed by atoms with Crippen LogP contribution in [0, 0.1) is 0 Å². The summed E-state index contributed by atoms with van der Waals surface area (Å²) in [6.45, 7) is 3.08. The van der Waals surface area contributed by atoms with E-state index in [1.165, 1.54) is 5.56 Å². The summed E-state index contributed by atoms with van der Waals surface area (Å²) in [5.74, 6) is 0.275. The van der Waals surface area contributed by atoms with Crippen molar-refractivity contribution in [3.8, 4) is 0 Å². The zero-order chi connectivity index (χ0) is 14.2. The Bertz CT molecular complexity index is 392. The van der Waals surface area contributed by atoms with Gasteiger partial charge in [-0.3, -0.25) is 4.79 Å². The van der Waals surface area contributed by atoms with Crippen molar-refractivity contribution in [3.63, 3.8) is 0 Å². The van der Waals surface area contributed by atoms with E-state index in [0.717, 1.165) is 45.4 Å². The molecule has 0 unspecified atom stereocenters. The molecule has 4 nitrogen and oxygen atoms in total. The number of nitrogens with two attached hydrogens (primary N) is 1. The van der Waals surface area contributed by atoms with Gasteiger partial charge in [0.2, 0.25) is 5.91 Å². The highest BCUT2D eigenvalue weighted by atomic mass is 35.5. The fraction of sp³-hybridized carbons (Fsp3) is 0.667. The number of likely N-dealkylation sites (tertiary alicyclic amines) is 1. The Morgan fingerprint density at radius 1 is 1.43 bits per heavy atom. The zero-order valence-corrected chi connectivity index (χ0v) is 14.0. The van der Waals surface area contributed by atoms with Crippen LogP contribution >= 0.6 is 23.7 Å². The number of aryl methyl sites for hydroxylation is 1. The van der Waals surface area contributed by atoms with E-state index in [1.54, 1.807) is 11.3 Å². The average molecular weight is 333 g/mol. The fourth-order valence-electron chi connectivity index (χ4n) is 2.45. The van der Waals surface area contributed by atoms with Crippen LogP contribution in [0.5, 0.6) is 0 Å². The largest absolute Gasteiger partial charge is 0.378 e. The Kier molecular flexibility index (Phi) is 8.92. The Hall–Kier alpha value is -0.620. The maximum atomic E-state index is 12.1. The molecule has 2 heterocycles. The van der Waals surface area contributed by atoms with Gasteiger partial charge in [-0.2, -0.15) is 11.3 Å². The number of ether oxygens (including phenoxy) is 1. The number of halogens is 1. The SMILES string of the molecule is Cl.NCCCOC1CCN(C(=O)CCc2ccsc2)CC1. The summed E-state index contributed by atoms with van der Waals surface area (Å²) in [7, 11) is 0. The molecule has 21 heavy (non-hydrogen) atoms. The van der Waals surface area contributed by atoms with E-state index in [4.69, 9.17) is 10.5 Å². The molecule has 0 spiro atoms. The summed E-state index contributed by atoms with van der Waals surface area (Å²) in [5.41, 5.74) is 6.71. The lowest BCUT2D eigenvalue weighted by molar-refractivity contribution is -0.133. The highest BCUT2D eigenvalue weighted by Gasteiger charge is 2.22. The number of carbonyl (C=O) groups is 1. The van der Waals surface area contributed by atoms with Gasteiger partial charge in [-0.05, 0) is 54.6 Å². The van der Waals surface area contributed by atoms with Crippen LogP contribution in [0.2, 0.25) is 0 Å². The first-order chi connectivity index (χ1) is 9.79. The first-order valence-electron chi connectivity index (χ1n) is 7.40. The lowest BCUT2D eigenvalue weighted by Gasteiger charge is -2.32. The van der Waals surface area contributed by atoms with Gasteiger partial charge in [0.25, 0.3) is 0 Å². The van der Waals surface area contributed by atoms with Gasteiger partial charge < -0.3 is 15.4 Å². The van der Waals surface area contributed by atoms with Crippen LogP contribution in [-0.4, -0.2) is 43.2 Å². The summed E-state index contributed by atoms with van der Waals surface area (Å²) >= 11 is 1.69. The van der Waals surface area contributed by atoms with Gasteiger partial charge in [0.15, 0.2) is 0 Å². The molecule has 6 heteroatoms. The van der Waals surface area contributed by atoms with E-state index in [0.29, 0.717) is 19.1 Å². The van der Waals surface area contributed by atoms with E-state index in [-0.39, 0.29) is 18.3 Å². The maximum Gasteiger partial charge on any atom is 0.222 e. The van der Waals surface area contributed by atoms with Crippen LogP contribution in [0.15, 0.2) is 16.8 Å². The van der Waals surface area contributed by atoms with Crippen molar-refractivity contribution >= 4 is 29.7 Å². The highest BCUT2D eigenvalue weighted by Crippen LogP contribution is 2.16. The molecule has 2 rings (SSSR count). The summed E-state index contributed by atoms with van der Waals surface area (Å²) in [5, 5.41) is 4.18. The van der Waals surface area contributed by atoms with Crippen molar-refractivity contribution in [1.29, 1.82) is 0 Å². The molecule has 0 radical (unpaired) electrons. The number of rotatable bonds is 7. The van der Waals surface area contributed by atoms with Crippen LogP contribution in [0.1, 0.15) is 31.2 Å². The second-order valence-electron chi connectivity index (χ2n) is 5.22. The van der Waals surface area contributed by atoms with Crippen molar-refractivity contribution in [2.45, 2.75) is 38.2 Å². The van der Waals surface area contributed by atoms with Gasteiger partial charge in [-0.15, -0.1) is 12.4 Å². The minimum absolute atomic E-state index is 0. The Balaban J connectivity index is 0.00000220. The molecular formula is C15H25ClN2O2S. The Morgan fingerprint density at radius 2 is 2.19 bits per heavy atom. The summed E-state index contributed by atoms with van der Waals surface area (Å²) in [4.78, 5) is 14.1. The van der Waals surface area contributed by atoms with E-state index in [9.17, 15) is 4.79 Å². The molecule has 1 aliphatic rings. The van der Waals surface area contributed by atoms with E-state index in [2.05, 4.69) is 16.8 Å². The fourth-order valence-corrected chi connectivity index (χ4v) is 3.15. The minimum Gasteiger partial charge on any atom is -0.378 e. The smallest absolute Gasteiger partial charge is 0.222 e. The normalized spacial score (nSPS) is 15.8. The van der Waals surface area contributed by atoms with Crippen LogP contribution in [-0.2, 0) is 16.0 Å². The minimum atomic E-state index is 0. The highest BCUT2D eigenvalue weighted by molar-refractivity contribution is 7.07. The second kappa shape index (κ2) is 10.2. The lowest BCUT2D eigenvalue weighted by atomic mass is 10.1. The molecule has 0 aromatic carbocycles. The number of piperidine rings is 1. The van der Waals surface area contributed by atoms with Crippen LogP contribution in [0.4, 0.5) is 0 Å². The zero-order valence-electron chi connectivity index (χ0n) is 12.3. The molecule has 1 aliphatic heterocycles. The summed E-state index contributed by atoms with van der Waals surface area (Å²) in [6.07, 6.45) is 4.61. The van der Waals surface area contributed by atoms with Gasteiger partial charge in [0.1, 0.15) is 0 Å². The number of thiophene rings is 1. The third kappa shape index (κ3) is 6.34. The predicted molar refractivity (Wildman–Crippen MR) is 89.1 cm³/mol. The predicted octanol–water partition coefficient (Wildman–Crippen LogP) is 2.46. The molecule has 120 valence electrons. The molecule has 1 amide bonds. The molecular weight excluding hydrogens is 308 g/mol. The van der Waals surface area contributed by atoms with Crippen molar-refractivity contribution < 1.29 is 9.53 Å². The Morgan fingerprint density at radius 3 is 2.81 bits per heavy atom. The van der Waals surface area contributed by atoms with Gasteiger partial charge >= 0.3 is 0 Å². The number of nitrogens with zero attached hydrogens (tertiary/aromatic N) is 1. The number of hydrogen-bond acceptors (Lipinski definition) is 4. The maximum absolute atomic E-state index is 12.1. The molecule has 0 saturated carbocycles. The summed E-state index contributed by atoms with van der Waals surface area (Å²) in [6, 6.07) is 2.09. The van der Waals surface area contributed by atoms with Crippen molar-refractivity contribution in [3.05, 3.63) is 22.4 Å². The van der Waals surface area contributed by atoms with Crippen LogP contribution in [0.3, 0.4) is 0 Å². The van der Waals surface area contributed by atoms with E-state index < -0.39 is 0 Å². The Labute approximate surface area is 137 Å². The molecule has 0 aliphatic carbocycles. The van der Waals surface area contributed by atoms with Gasteiger partial charge in [0.05, 0.1) is 6.10 Å². The monoisotopic (exact) mass is 332 g/mol. The summed E-state index contributed by atoms with van der Waals surface area (Å²) < 4.78 is 5.75. The molecule has 1 aromatic rings. The molecule has 0 bridgehead atoms. The van der Waals surface area contributed by atoms with Gasteiger partial charge in [-0.1, -0.05) is 0 Å². The van der Waals surface area contributed by atoms with Crippen molar-refractivity contribution in [1.82, 2.24) is 4.90 Å². The van der Waals surface area contributed by atoms with Crippen LogP contribution in [0.25, 0.3) is 0 Å². The van der Waals surface area contributed by atoms with Gasteiger partial charge in [0, 0.05) is 26.1 Å². The standard InChI is InChI=1S/C15H24N2O2S.ClH/c16-7-1-10-19-14-4-8-17(9-5-14)15(18)3-2-13-6-11-20-12-13;/h6,11-12,14H,1-5,7-10,16H2;1H. The molecule has 0 atom stereocenters. The molecule has 1 aromatic heterocycles. The molecule has 1 fully saturated rings. The van der Waals surface area contributed by atoms with Crippen LogP contribution < -0.4 is 5.73 Å². The topological polar surface area (TPSA) is 55.6 Å². The van der Waals surface area contributed by atoms with Gasteiger partial charge in [-0.25, -0.2) is 0 Å². The second-order valence-corrected chi connectivity index (χ2v) is 6.00. The van der Waals surface area contributed by atoms with Crippen molar-refractivity contribution in [2.24, 2.45) is 5.73 Å². The lowest BCUT2D eigenvalue weighted by Crippen LogP contribution is -2.41. The number of hydrogen-bond donors (Lipinski definition) is 1.